The number of benzene rings is 2. The molecule has 0 saturated carbocycles. The first-order valence-electron chi connectivity index (χ1n) is 6.00. The summed E-state index contributed by atoms with van der Waals surface area (Å²) >= 11 is 0. The van der Waals surface area contributed by atoms with Gasteiger partial charge in [0.25, 0.3) is 0 Å². The number of nitrogens with two attached hydrogens (primary N) is 1. The lowest BCUT2D eigenvalue weighted by atomic mass is 10.2. The largest absolute Gasteiger partial charge is 0.436 e. The SMILES string of the molecule is CS(=O)(=O)c1ccc2oc(-c3ccc(N)c(F)c3)nc2c1. The maximum Gasteiger partial charge on any atom is 0.227 e. The van der Waals surface area contributed by atoms with Crippen molar-refractivity contribution in [2.24, 2.45) is 0 Å². The van der Waals surface area contributed by atoms with Gasteiger partial charge in [-0.3, -0.25) is 0 Å². The summed E-state index contributed by atoms with van der Waals surface area (Å²) < 4.78 is 42.0. The molecular weight excluding hydrogens is 295 g/mol. The molecule has 3 aromatic rings. The fourth-order valence-corrected chi connectivity index (χ4v) is 2.56. The molecular formula is C14H11FN2O3S. The second-order valence-electron chi connectivity index (χ2n) is 4.66. The average molecular weight is 306 g/mol. The third-order valence-electron chi connectivity index (χ3n) is 3.03. The van der Waals surface area contributed by atoms with E-state index in [1.165, 1.54) is 30.3 Å². The highest BCUT2D eigenvalue weighted by molar-refractivity contribution is 7.90. The number of hydrogen-bond donors (Lipinski definition) is 1. The lowest BCUT2D eigenvalue weighted by molar-refractivity contribution is 0.601. The maximum absolute atomic E-state index is 13.5. The standard InChI is InChI=1S/C14H11FN2O3S/c1-21(18,19)9-3-5-13-12(7-9)17-14(20-13)8-2-4-11(16)10(15)6-8/h2-7H,16H2,1H3. The molecule has 0 aliphatic heterocycles. The highest BCUT2D eigenvalue weighted by Crippen LogP contribution is 2.27. The Hall–Kier alpha value is -2.41. The van der Waals surface area contributed by atoms with Crippen molar-refractivity contribution in [1.82, 2.24) is 4.98 Å². The molecule has 0 amide bonds. The van der Waals surface area contributed by atoms with Crippen LogP contribution in [0.3, 0.4) is 0 Å². The van der Waals surface area contributed by atoms with Crippen LogP contribution in [0.2, 0.25) is 0 Å². The van der Waals surface area contributed by atoms with Crippen molar-refractivity contribution >= 4 is 26.6 Å². The summed E-state index contributed by atoms with van der Waals surface area (Å²) in [7, 11) is -3.32. The van der Waals surface area contributed by atoms with E-state index in [-0.39, 0.29) is 16.5 Å². The highest BCUT2D eigenvalue weighted by Gasteiger charge is 2.13. The molecule has 7 heteroatoms. The van der Waals surface area contributed by atoms with Gasteiger partial charge in [0, 0.05) is 11.8 Å². The van der Waals surface area contributed by atoms with E-state index in [0.717, 1.165) is 6.26 Å². The first-order valence-corrected chi connectivity index (χ1v) is 7.90. The third kappa shape index (κ3) is 2.47. The number of nitrogen functional groups attached to an aromatic ring is 1. The number of oxazole rings is 1. The van der Waals surface area contributed by atoms with E-state index in [2.05, 4.69) is 4.98 Å². The molecule has 0 unspecified atom stereocenters. The van der Waals surface area contributed by atoms with Gasteiger partial charge in [-0.15, -0.1) is 0 Å². The molecule has 3 rings (SSSR count). The molecule has 5 nitrogen and oxygen atoms in total. The predicted molar refractivity (Wildman–Crippen MR) is 76.9 cm³/mol. The predicted octanol–water partition coefficient (Wildman–Crippen LogP) is 2.62. The second kappa shape index (κ2) is 4.56. The number of aromatic nitrogens is 1. The van der Waals surface area contributed by atoms with Gasteiger partial charge in [0.1, 0.15) is 11.3 Å². The topological polar surface area (TPSA) is 86.2 Å². The van der Waals surface area contributed by atoms with Gasteiger partial charge < -0.3 is 10.2 Å². The number of hydrogen-bond acceptors (Lipinski definition) is 5. The minimum absolute atomic E-state index is 0.0363. The first kappa shape index (κ1) is 13.6. The molecule has 1 aromatic heterocycles. The molecule has 1 heterocycles. The third-order valence-corrected chi connectivity index (χ3v) is 4.14. The van der Waals surface area contributed by atoms with Crippen LogP contribution in [0, 0.1) is 5.82 Å². The smallest absolute Gasteiger partial charge is 0.227 e. The van der Waals surface area contributed by atoms with E-state index in [1.807, 2.05) is 0 Å². The molecule has 21 heavy (non-hydrogen) atoms. The molecule has 108 valence electrons. The normalized spacial score (nSPS) is 11.9. The van der Waals surface area contributed by atoms with E-state index >= 15 is 0 Å². The molecule has 0 aliphatic rings. The van der Waals surface area contributed by atoms with Gasteiger partial charge in [-0.25, -0.2) is 17.8 Å². The summed E-state index contributed by atoms with van der Waals surface area (Å²) in [6.45, 7) is 0. The zero-order chi connectivity index (χ0) is 15.2. The van der Waals surface area contributed by atoms with Crippen LogP contribution in [-0.4, -0.2) is 19.7 Å². The van der Waals surface area contributed by atoms with Crippen LogP contribution < -0.4 is 5.73 Å². The van der Waals surface area contributed by atoms with Gasteiger partial charge in [-0.2, -0.15) is 0 Å². The van der Waals surface area contributed by atoms with Crippen molar-refractivity contribution in [3.63, 3.8) is 0 Å². The van der Waals surface area contributed by atoms with Gasteiger partial charge in [0.05, 0.1) is 10.6 Å². The molecule has 0 fully saturated rings. The number of nitrogens with zero attached hydrogens (tertiary/aromatic N) is 1. The van der Waals surface area contributed by atoms with Crippen LogP contribution in [0.1, 0.15) is 0 Å². The van der Waals surface area contributed by atoms with E-state index < -0.39 is 15.7 Å². The van der Waals surface area contributed by atoms with Crippen LogP contribution >= 0.6 is 0 Å². The molecule has 0 bridgehead atoms. The van der Waals surface area contributed by atoms with E-state index in [0.29, 0.717) is 16.7 Å². The van der Waals surface area contributed by atoms with Gasteiger partial charge >= 0.3 is 0 Å². The highest BCUT2D eigenvalue weighted by atomic mass is 32.2. The van der Waals surface area contributed by atoms with Crippen molar-refractivity contribution in [2.45, 2.75) is 4.90 Å². The van der Waals surface area contributed by atoms with Gasteiger partial charge in [0.2, 0.25) is 5.89 Å². The Labute approximate surface area is 120 Å². The summed E-state index contributed by atoms with van der Waals surface area (Å²) in [6.07, 6.45) is 1.12. The maximum atomic E-state index is 13.5. The number of fused-ring (bicyclic) bond motifs is 1. The molecule has 2 aromatic carbocycles. The molecule has 0 radical (unpaired) electrons. The summed E-state index contributed by atoms with van der Waals surface area (Å²) in [5.74, 6) is -0.360. The fourth-order valence-electron chi connectivity index (χ4n) is 1.92. The Morgan fingerprint density at radius 2 is 1.95 bits per heavy atom. The summed E-state index contributed by atoms with van der Waals surface area (Å²) in [6, 6.07) is 8.61. The Kier molecular flexibility index (Phi) is 2.94. The molecule has 0 saturated heterocycles. The number of anilines is 1. The van der Waals surface area contributed by atoms with Crippen molar-refractivity contribution in [1.29, 1.82) is 0 Å². The van der Waals surface area contributed by atoms with Gasteiger partial charge in [0.15, 0.2) is 15.4 Å². The van der Waals surface area contributed by atoms with Crippen LogP contribution in [0.25, 0.3) is 22.6 Å². The number of rotatable bonds is 2. The quantitative estimate of drug-likeness (QED) is 0.735. The van der Waals surface area contributed by atoms with Crippen LogP contribution in [0.15, 0.2) is 45.7 Å². The molecule has 2 N–H and O–H groups in total. The average Bonchev–Trinajstić information content (AvgIpc) is 2.83. The Bertz CT molecular complexity index is 948. The summed E-state index contributed by atoms with van der Waals surface area (Å²) in [5, 5.41) is 0. The van der Waals surface area contributed by atoms with Gasteiger partial charge in [-0.05, 0) is 36.4 Å². The zero-order valence-electron chi connectivity index (χ0n) is 11.0. The van der Waals surface area contributed by atoms with E-state index in [4.69, 9.17) is 10.2 Å². The molecule has 0 aliphatic carbocycles. The second-order valence-corrected chi connectivity index (χ2v) is 6.67. The minimum atomic E-state index is -3.32. The molecule has 0 spiro atoms. The van der Waals surface area contributed by atoms with Gasteiger partial charge in [-0.1, -0.05) is 0 Å². The van der Waals surface area contributed by atoms with Crippen molar-refractivity contribution in [3.05, 3.63) is 42.2 Å². The molecule has 0 atom stereocenters. The summed E-state index contributed by atoms with van der Waals surface area (Å²) in [4.78, 5) is 4.34. The monoisotopic (exact) mass is 306 g/mol. The van der Waals surface area contributed by atoms with Crippen LogP contribution in [-0.2, 0) is 9.84 Å². The number of halogens is 1. The van der Waals surface area contributed by atoms with Crippen LogP contribution in [0.4, 0.5) is 10.1 Å². The Morgan fingerprint density at radius 3 is 2.62 bits per heavy atom. The summed E-state index contributed by atoms with van der Waals surface area (Å²) in [5.41, 5.74) is 6.70. The van der Waals surface area contributed by atoms with E-state index in [1.54, 1.807) is 6.07 Å². The van der Waals surface area contributed by atoms with Crippen molar-refractivity contribution in [2.75, 3.05) is 12.0 Å². The zero-order valence-corrected chi connectivity index (χ0v) is 11.8. The fraction of sp³-hybridized carbons (Fsp3) is 0.0714. The number of sulfone groups is 1. The lowest BCUT2D eigenvalue weighted by Crippen LogP contribution is -1.96. The van der Waals surface area contributed by atoms with E-state index in [9.17, 15) is 12.8 Å². The Morgan fingerprint density at radius 1 is 1.19 bits per heavy atom. The Balaban J connectivity index is 2.14. The minimum Gasteiger partial charge on any atom is -0.436 e. The first-order chi connectivity index (χ1) is 9.84. The van der Waals surface area contributed by atoms with Crippen molar-refractivity contribution < 1.29 is 17.2 Å². The van der Waals surface area contributed by atoms with Crippen LogP contribution in [0.5, 0.6) is 0 Å². The lowest BCUT2D eigenvalue weighted by Gasteiger charge is -1.98. The van der Waals surface area contributed by atoms with Crippen molar-refractivity contribution in [3.8, 4) is 11.5 Å².